The van der Waals surface area contributed by atoms with Crippen molar-refractivity contribution in [3.05, 3.63) is 24.3 Å². The van der Waals surface area contributed by atoms with Crippen LogP contribution < -0.4 is 20.3 Å². The normalized spacial score (nSPS) is 18.5. The summed E-state index contributed by atoms with van der Waals surface area (Å²) in [6.07, 6.45) is 2.24. The van der Waals surface area contributed by atoms with E-state index in [1.807, 2.05) is 24.3 Å². The molecule has 118 valence electrons. The fourth-order valence-corrected chi connectivity index (χ4v) is 2.88. The number of carbonyl (C=O) groups is 2. The Hall–Kier alpha value is -2.08. The molecular formula is C16H21N3O3. The molecule has 2 aliphatic rings. The van der Waals surface area contributed by atoms with Crippen LogP contribution in [0.3, 0.4) is 0 Å². The van der Waals surface area contributed by atoms with Gasteiger partial charge in [0.2, 0.25) is 5.91 Å². The highest BCUT2D eigenvalue weighted by Gasteiger charge is 2.25. The Morgan fingerprint density at radius 1 is 1.32 bits per heavy atom. The van der Waals surface area contributed by atoms with Gasteiger partial charge in [-0.15, -0.1) is 0 Å². The lowest BCUT2D eigenvalue weighted by atomic mass is 10.1. The van der Waals surface area contributed by atoms with Crippen LogP contribution in [0.5, 0.6) is 5.75 Å². The van der Waals surface area contributed by atoms with Crippen LogP contribution in [0.1, 0.15) is 19.3 Å². The number of fused-ring (bicyclic) bond motifs is 1. The number of benzene rings is 1. The molecule has 3 rings (SSSR count). The van der Waals surface area contributed by atoms with Gasteiger partial charge in [0.25, 0.3) is 5.91 Å². The number of ether oxygens (including phenoxy) is 1. The predicted octanol–water partition coefficient (Wildman–Crippen LogP) is 0.670. The Morgan fingerprint density at radius 3 is 2.91 bits per heavy atom. The minimum absolute atomic E-state index is 0.00340. The van der Waals surface area contributed by atoms with Crippen molar-refractivity contribution in [2.24, 2.45) is 0 Å². The highest BCUT2D eigenvalue weighted by molar-refractivity contribution is 5.98. The van der Waals surface area contributed by atoms with Gasteiger partial charge in [-0.25, -0.2) is 0 Å². The molecule has 2 N–H and O–H groups in total. The zero-order chi connectivity index (χ0) is 15.4. The zero-order valence-electron chi connectivity index (χ0n) is 12.5. The topological polar surface area (TPSA) is 70.7 Å². The van der Waals surface area contributed by atoms with E-state index in [9.17, 15) is 9.59 Å². The fourth-order valence-electron chi connectivity index (χ4n) is 2.88. The lowest BCUT2D eigenvalue weighted by Gasteiger charge is -2.29. The Bertz CT molecular complexity index is 555. The van der Waals surface area contributed by atoms with Crippen LogP contribution in [-0.4, -0.2) is 44.1 Å². The monoisotopic (exact) mass is 303 g/mol. The third kappa shape index (κ3) is 3.39. The van der Waals surface area contributed by atoms with E-state index in [2.05, 4.69) is 10.6 Å². The first-order valence-electron chi connectivity index (χ1n) is 7.76. The van der Waals surface area contributed by atoms with Gasteiger partial charge in [0, 0.05) is 19.0 Å². The van der Waals surface area contributed by atoms with Crippen LogP contribution in [0.15, 0.2) is 24.3 Å². The number of nitrogens with zero attached hydrogens (tertiary/aromatic N) is 1. The highest BCUT2D eigenvalue weighted by Crippen LogP contribution is 2.31. The molecule has 1 saturated heterocycles. The summed E-state index contributed by atoms with van der Waals surface area (Å²) in [5, 5.41) is 6.32. The van der Waals surface area contributed by atoms with E-state index in [-0.39, 0.29) is 24.5 Å². The standard InChI is InChI=1S/C16H21N3O3/c20-15(18-12-5-8-17-9-6-12)7-10-19-13-3-1-2-4-14(13)22-11-16(19)21/h1-4,12,17H,5-11H2,(H,18,20). The Morgan fingerprint density at radius 2 is 2.09 bits per heavy atom. The molecule has 6 heteroatoms. The summed E-state index contributed by atoms with van der Waals surface area (Å²) in [5.41, 5.74) is 0.744. The average molecular weight is 303 g/mol. The van der Waals surface area contributed by atoms with Crippen molar-refractivity contribution >= 4 is 17.5 Å². The van der Waals surface area contributed by atoms with E-state index < -0.39 is 0 Å². The van der Waals surface area contributed by atoms with E-state index in [0.29, 0.717) is 18.7 Å². The summed E-state index contributed by atoms with van der Waals surface area (Å²) in [6.45, 7) is 2.31. The highest BCUT2D eigenvalue weighted by atomic mass is 16.5. The number of piperidine rings is 1. The van der Waals surface area contributed by atoms with Gasteiger partial charge in [-0.3, -0.25) is 9.59 Å². The Labute approximate surface area is 129 Å². The fraction of sp³-hybridized carbons (Fsp3) is 0.500. The molecule has 0 aromatic heterocycles. The Kier molecular flexibility index (Phi) is 4.58. The number of para-hydroxylation sites is 2. The quantitative estimate of drug-likeness (QED) is 0.858. The molecule has 0 spiro atoms. The molecule has 0 unspecified atom stereocenters. The van der Waals surface area contributed by atoms with Crippen LogP contribution in [0.25, 0.3) is 0 Å². The summed E-state index contributed by atoms with van der Waals surface area (Å²) in [7, 11) is 0. The summed E-state index contributed by atoms with van der Waals surface area (Å²) in [5.74, 6) is 0.595. The second kappa shape index (κ2) is 6.79. The van der Waals surface area contributed by atoms with Crippen molar-refractivity contribution in [3.63, 3.8) is 0 Å². The third-order valence-electron chi connectivity index (χ3n) is 4.07. The Balaban J connectivity index is 1.56. The molecule has 22 heavy (non-hydrogen) atoms. The number of hydrogen-bond acceptors (Lipinski definition) is 4. The maximum Gasteiger partial charge on any atom is 0.265 e. The van der Waals surface area contributed by atoms with Gasteiger partial charge >= 0.3 is 0 Å². The van der Waals surface area contributed by atoms with Crippen LogP contribution in [0.2, 0.25) is 0 Å². The zero-order valence-corrected chi connectivity index (χ0v) is 12.5. The van der Waals surface area contributed by atoms with Crippen molar-refractivity contribution in [2.75, 3.05) is 31.1 Å². The van der Waals surface area contributed by atoms with Crippen LogP contribution in [0, 0.1) is 0 Å². The van der Waals surface area contributed by atoms with Gasteiger partial charge < -0.3 is 20.3 Å². The number of nitrogens with one attached hydrogen (secondary N) is 2. The van der Waals surface area contributed by atoms with Gasteiger partial charge in [0.15, 0.2) is 6.61 Å². The maximum absolute atomic E-state index is 12.1. The number of amides is 2. The summed E-state index contributed by atoms with van der Waals surface area (Å²) in [6, 6.07) is 7.67. The van der Waals surface area contributed by atoms with Crippen molar-refractivity contribution in [1.82, 2.24) is 10.6 Å². The average Bonchev–Trinajstić information content (AvgIpc) is 2.55. The molecule has 0 atom stereocenters. The molecular weight excluding hydrogens is 282 g/mol. The summed E-state index contributed by atoms with van der Waals surface area (Å²) in [4.78, 5) is 25.7. The van der Waals surface area contributed by atoms with Gasteiger partial charge in [-0.05, 0) is 38.1 Å². The summed E-state index contributed by atoms with van der Waals surface area (Å²) < 4.78 is 5.40. The lowest BCUT2D eigenvalue weighted by molar-refractivity contribution is -0.122. The molecule has 2 aliphatic heterocycles. The van der Waals surface area contributed by atoms with Gasteiger partial charge in [0.05, 0.1) is 5.69 Å². The van der Waals surface area contributed by atoms with Crippen LogP contribution in [-0.2, 0) is 9.59 Å². The van der Waals surface area contributed by atoms with E-state index in [4.69, 9.17) is 4.74 Å². The SMILES string of the molecule is O=C(CCN1C(=O)COc2ccccc21)NC1CCNCC1. The van der Waals surface area contributed by atoms with Crippen molar-refractivity contribution < 1.29 is 14.3 Å². The number of rotatable bonds is 4. The molecule has 0 aliphatic carbocycles. The van der Waals surface area contributed by atoms with Crippen LogP contribution >= 0.6 is 0 Å². The van der Waals surface area contributed by atoms with Gasteiger partial charge in [0.1, 0.15) is 5.75 Å². The second-order valence-electron chi connectivity index (χ2n) is 5.64. The second-order valence-corrected chi connectivity index (χ2v) is 5.64. The molecule has 1 aromatic carbocycles. The van der Waals surface area contributed by atoms with Gasteiger partial charge in [-0.1, -0.05) is 12.1 Å². The largest absolute Gasteiger partial charge is 0.482 e. The summed E-state index contributed by atoms with van der Waals surface area (Å²) >= 11 is 0. The molecule has 0 radical (unpaired) electrons. The molecule has 0 bridgehead atoms. The molecule has 2 amide bonds. The first-order valence-corrected chi connectivity index (χ1v) is 7.76. The first-order chi connectivity index (χ1) is 10.7. The first kappa shape index (κ1) is 14.8. The van der Waals surface area contributed by atoms with Crippen LogP contribution in [0.4, 0.5) is 5.69 Å². The van der Waals surface area contributed by atoms with E-state index in [1.165, 1.54) is 0 Å². The minimum Gasteiger partial charge on any atom is -0.482 e. The van der Waals surface area contributed by atoms with E-state index >= 15 is 0 Å². The maximum atomic E-state index is 12.1. The third-order valence-corrected chi connectivity index (χ3v) is 4.07. The number of anilines is 1. The van der Waals surface area contributed by atoms with Crippen molar-refractivity contribution in [1.29, 1.82) is 0 Å². The smallest absolute Gasteiger partial charge is 0.265 e. The molecule has 1 aromatic rings. The van der Waals surface area contributed by atoms with Crippen molar-refractivity contribution in [2.45, 2.75) is 25.3 Å². The predicted molar refractivity (Wildman–Crippen MR) is 82.9 cm³/mol. The van der Waals surface area contributed by atoms with Crippen molar-refractivity contribution in [3.8, 4) is 5.75 Å². The lowest BCUT2D eigenvalue weighted by Crippen LogP contribution is -2.45. The van der Waals surface area contributed by atoms with Gasteiger partial charge in [-0.2, -0.15) is 0 Å². The molecule has 1 fully saturated rings. The molecule has 6 nitrogen and oxygen atoms in total. The molecule has 2 heterocycles. The number of hydrogen-bond donors (Lipinski definition) is 2. The molecule has 0 saturated carbocycles. The minimum atomic E-state index is -0.103. The van der Waals surface area contributed by atoms with E-state index in [1.54, 1.807) is 4.90 Å². The number of carbonyl (C=O) groups excluding carboxylic acids is 2. The van der Waals surface area contributed by atoms with E-state index in [0.717, 1.165) is 31.6 Å².